The van der Waals surface area contributed by atoms with Crippen LogP contribution in [0.15, 0.2) is 0 Å². The van der Waals surface area contributed by atoms with E-state index in [0.29, 0.717) is 0 Å². The molecule has 1 unspecified atom stereocenters. The summed E-state index contributed by atoms with van der Waals surface area (Å²) in [5, 5.41) is 0. The van der Waals surface area contributed by atoms with Crippen molar-refractivity contribution in [1.29, 1.82) is 0 Å². The van der Waals surface area contributed by atoms with Gasteiger partial charge in [-0.05, 0) is 6.42 Å². The van der Waals surface area contributed by atoms with Gasteiger partial charge in [0.1, 0.15) is 0 Å². The van der Waals surface area contributed by atoms with Gasteiger partial charge in [0.15, 0.2) is 11.2 Å². The zero-order valence-corrected chi connectivity index (χ0v) is 5.70. The molecule has 0 aromatic rings. The topological polar surface area (TPSA) is 32.3 Å². The Labute approximate surface area is 51.8 Å². The molecule has 3 nitrogen and oxygen atoms in total. The summed E-state index contributed by atoms with van der Waals surface area (Å²) in [6.45, 7) is 1.83. The van der Waals surface area contributed by atoms with Crippen molar-refractivity contribution in [3.63, 3.8) is 0 Å². The third-order valence-corrected chi connectivity index (χ3v) is 2.36. The Morgan fingerprint density at radius 1 is 1.75 bits per heavy atom. The van der Waals surface area contributed by atoms with Gasteiger partial charge in [0.25, 0.3) is 0 Å². The van der Waals surface area contributed by atoms with Crippen LogP contribution in [0, 0.1) is 0 Å². The van der Waals surface area contributed by atoms with Gasteiger partial charge in [-0.2, -0.15) is 0 Å². The van der Waals surface area contributed by atoms with Gasteiger partial charge < -0.3 is 0 Å². The Bertz CT molecular complexity index is 106. The Balaban J connectivity index is 2.39. The van der Waals surface area contributed by atoms with Gasteiger partial charge in [-0.3, -0.25) is 0 Å². The largest absolute Gasteiger partial charge is 0.225 e. The van der Waals surface area contributed by atoms with E-state index in [4.69, 9.17) is 0 Å². The van der Waals surface area contributed by atoms with Gasteiger partial charge in [-0.1, -0.05) is 0 Å². The van der Waals surface area contributed by atoms with E-state index in [0.717, 1.165) is 19.5 Å². The molecule has 1 aliphatic heterocycles. The highest BCUT2D eigenvalue weighted by Gasteiger charge is 2.10. The molecule has 0 aromatic carbocycles. The Morgan fingerprint density at radius 2 is 2.50 bits per heavy atom. The van der Waals surface area contributed by atoms with Crippen LogP contribution in [-0.4, -0.2) is 28.7 Å². The lowest BCUT2D eigenvalue weighted by Crippen LogP contribution is -2.39. The lowest BCUT2D eigenvalue weighted by atomic mass is 10.4. The highest BCUT2D eigenvalue weighted by atomic mass is 32.2. The van der Waals surface area contributed by atoms with E-state index < -0.39 is 11.2 Å². The van der Waals surface area contributed by atoms with Gasteiger partial charge in [0, 0.05) is 20.1 Å². The second kappa shape index (κ2) is 2.57. The number of hydrogen-bond acceptors (Lipinski definition) is 1. The standard InChI is InChI=1S/C4H10N2OS/c1-6-4-2-3-5-8(6)7/h5H,2-4H2,1H3. The Hall–Kier alpha value is 0.0700. The molecule has 0 saturated carbocycles. The molecular weight excluding hydrogens is 124 g/mol. The summed E-state index contributed by atoms with van der Waals surface area (Å²) < 4.78 is 15.3. The van der Waals surface area contributed by atoms with Crippen molar-refractivity contribution >= 4 is 11.2 Å². The van der Waals surface area contributed by atoms with Crippen LogP contribution in [0.2, 0.25) is 0 Å². The summed E-state index contributed by atoms with van der Waals surface area (Å²) in [5.74, 6) is 0. The van der Waals surface area contributed by atoms with E-state index in [2.05, 4.69) is 4.72 Å². The minimum atomic E-state index is -0.902. The van der Waals surface area contributed by atoms with Crippen molar-refractivity contribution in [1.82, 2.24) is 9.03 Å². The average Bonchev–Trinajstić information content (AvgIpc) is 1.77. The van der Waals surface area contributed by atoms with Crippen molar-refractivity contribution < 1.29 is 4.21 Å². The van der Waals surface area contributed by atoms with E-state index >= 15 is 0 Å². The lowest BCUT2D eigenvalue weighted by molar-refractivity contribution is 0.470. The first-order chi connectivity index (χ1) is 3.80. The number of nitrogens with zero attached hydrogens (tertiary/aromatic N) is 1. The molecule has 1 heterocycles. The van der Waals surface area contributed by atoms with Gasteiger partial charge in [0.2, 0.25) is 0 Å². The molecule has 0 amide bonds. The molecule has 1 saturated heterocycles. The van der Waals surface area contributed by atoms with E-state index in [1.54, 1.807) is 4.31 Å². The van der Waals surface area contributed by atoms with Crippen molar-refractivity contribution in [3.05, 3.63) is 0 Å². The fourth-order valence-electron chi connectivity index (χ4n) is 0.654. The molecule has 1 fully saturated rings. The van der Waals surface area contributed by atoms with Crippen LogP contribution < -0.4 is 4.72 Å². The van der Waals surface area contributed by atoms with Gasteiger partial charge >= 0.3 is 0 Å². The molecule has 1 N–H and O–H groups in total. The summed E-state index contributed by atoms with van der Waals surface area (Å²) in [5.41, 5.74) is 0. The third-order valence-electron chi connectivity index (χ3n) is 1.16. The van der Waals surface area contributed by atoms with Crippen LogP contribution in [0.25, 0.3) is 0 Å². The van der Waals surface area contributed by atoms with Crippen LogP contribution in [0.1, 0.15) is 6.42 Å². The first kappa shape index (κ1) is 6.19. The maximum Gasteiger partial charge on any atom is 0.169 e. The molecule has 48 valence electrons. The molecule has 1 atom stereocenters. The molecular formula is C4H10N2OS. The molecule has 0 bridgehead atoms. The lowest BCUT2D eigenvalue weighted by Gasteiger charge is -2.20. The first-order valence-electron chi connectivity index (χ1n) is 2.67. The molecule has 0 aliphatic carbocycles. The summed E-state index contributed by atoms with van der Waals surface area (Å²) >= 11 is -0.902. The number of rotatable bonds is 0. The molecule has 0 spiro atoms. The van der Waals surface area contributed by atoms with Crippen LogP contribution >= 0.6 is 0 Å². The SMILES string of the molecule is CN1CCCNS1=O. The molecule has 8 heavy (non-hydrogen) atoms. The summed E-state index contributed by atoms with van der Waals surface area (Å²) in [7, 11) is 1.85. The van der Waals surface area contributed by atoms with Crippen molar-refractivity contribution in [2.24, 2.45) is 0 Å². The third kappa shape index (κ3) is 1.27. The van der Waals surface area contributed by atoms with Gasteiger partial charge in [-0.15, -0.1) is 0 Å². The van der Waals surface area contributed by atoms with E-state index in [1.165, 1.54) is 0 Å². The minimum absolute atomic E-state index is 0.886. The first-order valence-corrected chi connectivity index (χ1v) is 3.78. The quantitative estimate of drug-likeness (QED) is 0.475. The highest BCUT2D eigenvalue weighted by molar-refractivity contribution is 7.80. The second-order valence-corrected chi connectivity index (χ2v) is 3.26. The van der Waals surface area contributed by atoms with Crippen molar-refractivity contribution in [2.75, 3.05) is 20.1 Å². The molecule has 0 aromatic heterocycles. The van der Waals surface area contributed by atoms with Crippen molar-refractivity contribution in [2.45, 2.75) is 6.42 Å². The van der Waals surface area contributed by atoms with Crippen LogP contribution in [0.3, 0.4) is 0 Å². The van der Waals surface area contributed by atoms with Crippen molar-refractivity contribution in [3.8, 4) is 0 Å². The predicted octanol–water partition coefficient (Wildman–Crippen LogP) is -0.510. The van der Waals surface area contributed by atoms with Crippen LogP contribution in [0.4, 0.5) is 0 Å². The fraction of sp³-hybridized carbons (Fsp3) is 1.00. The fourth-order valence-corrected chi connectivity index (χ4v) is 1.49. The van der Waals surface area contributed by atoms with E-state index in [1.807, 2.05) is 7.05 Å². The normalized spacial score (nSPS) is 32.9. The predicted molar refractivity (Wildman–Crippen MR) is 33.4 cm³/mol. The molecule has 1 aliphatic rings. The van der Waals surface area contributed by atoms with Crippen LogP contribution in [0.5, 0.6) is 0 Å². The number of nitrogens with one attached hydrogen (secondary N) is 1. The highest BCUT2D eigenvalue weighted by Crippen LogP contribution is 1.95. The summed E-state index contributed by atoms with van der Waals surface area (Å²) in [6, 6.07) is 0. The molecule has 0 radical (unpaired) electrons. The van der Waals surface area contributed by atoms with Crippen LogP contribution in [-0.2, 0) is 11.2 Å². The maximum atomic E-state index is 10.7. The zero-order chi connectivity index (χ0) is 5.98. The van der Waals surface area contributed by atoms with Gasteiger partial charge in [0.05, 0.1) is 0 Å². The molecule has 4 heteroatoms. The van der Waals surface area contributed by atoms with E-state index in [9.17, 15) is 4.21 Å². The Morgan fingerprint density at radius 3 is 2.88 bits per heavy atom. The second-order valence-electron chi connectivity index (χ2n) is 1.85. The van der Waals surface area contributed by atoms with Gasteiger partial charge in [-0.25, -0.2) is 13.2 Å². The monoisotopic (exact) mass is 134 g/mol. The maximum absolute atomic E-state index is 10.7. The Kier molecular flexibility index (Phi) is 1.99. The molecule has 1 rings (SSSR count). The number of hydrogen-bond donors (Lipinski definition) is 1. The average molecular weight is 134 g/mol. The summed E-state index contributed by atoms with van der Waals surface area (Å²) in [4.78, 5) is 0. The zero-order valence-electron chi connectivity index (χ0n) is 4.89. The summed E-state index contributed by atoms with van der Waals surface area (Å²) in [6.07, 6.45) is 1.10. The minimum Gasteiger partial charge on any atom is -0.225 e. The smallest absolute Gasteiger partial charge is 0.169 e. The van der Waals surface area contributed by atoms with E-state index in [-0.39, 0.29) is 0 Å².